The van der Waals surface area contributed by atoms with Gasteiger partial charge in [-0.3, -0.25) is 4.79 Å². The molecule has 3 aromatic rings. The highest BCUT2D eigenvalue weighted by atomic mass is 32.2. The summed E-state index contributed by atoms with van der Waals surface area (Å²) >= 11 is 0. The van der Waals surface area contributed by atoms with E-state index >= 15 is 0 Å². The molecule has 0 aliphatic carbocycles. The molecule has 0 atom stereocenters. The van der Waals surface area contributed by atoms with E-state index in [0.717, 1.165) is 27.9 Å². The molecule has 0 unspecified atom stereocenters. The Balaban J connectivity index is 1.59. The van der Waals surface area contributed by atoms with Gasteiger partial charge in [-0.15, -0.1) is 5.10 Å². The molecule has 0 saturated carbocycles. The molecule has 2 aromatic carbocycles. The lowest BCUT2D eigenvalue weighted by Gasteiger charge is -2.23. The van der Waals surface area contributed by atoms with Crippen LogP contribution in [0, 0.1) is 27.7 Å². The van der Waals surface area contributed by atoms with Crippen LogP contribution in [0.1, 0.15) is 28.7 Å². The molecular formula is C25H30N4O3S. The van der Waals surface area contributed by atoms with Gasteiger partial charge >= 0.3 is 0 Å². The molecule has 174 valence electrons. The monoisotopic (exact) mass is 466 g/mol. The highest BCUT2D eigenvalue weighted by Crippen LogP contribution is 2.23. The lowest BCUT2D eigenvalue weighted by atomic mass is 10.1. The molecule has 1 aromatic heterocycles. The van der Waals surface area contributed by atoms with E-state index in [9.17, 15) is 13.2 Å². The van der Waals surface area contributed by atoms with E-state index in [-0.39, 0.29) is 5.56 Å². The third kappa shape index (κ3) is 4.72. The van der Waals surface area contributed by atoms with Gasteiger partial charge in [-0.05, 0) is 80.6 Å². The zero-order valence-corrected chi connectivity index (χ0v) is 20.4. The molecule has 0 radical (unpaired) electrons. The summed E-state index contributed by atoms with van der Waals surface area (Å²) in [6.07, 6.45) is 0.675. The van der Waals surface area contributed by atoms with Gasteiger partial charge in [-0.2, -0.15) is 8.99 Å². The van der Waals surface area contributed by atoms with Gasteiger partial charge in [0.2, 0.25) is 10.0 Å². The fraction of sp³-hybridized carbons (Fsp3) is 0.360. The number of aryl methyl sites for hydroxylation is 4. The van der Waals surface area contributed by atoms with Crippen molar-refractivity contribution in [3.8, 4) is 5.69 Å². The van der Waals surface area contributed by atoms with E-state index in [2.05, 4.69) is 10.00 Å². The molecule has 0 spiro atoms. The highest BCUT2D eigenvalue weighted by molar-refractivity contribution is 7.89. The summed E-state index contributed by atoms with van der Waals surface area (Å²) in [7, 11) is -3.58. The lowest BCUT2D eigenvalue weighted by Crippen LogP contribution is -2.36. The molecule has 1 aliphatic heterocycles. The van der Waals surface area contributed by atoms with E-state index < -0.39 is 10.0 Å². The summed E-state index contributed by atoms with van der Waals surface area (Å²) < 4.78 is 29.7. The van der Waals surface area contributed by atoms with Gasteiger partial charge in [-0.1, -0.05) is 18.2 Å². The smallest absolute Gasteiger partial charge is 0.271 e. The summed E-state index contributed by atoms with van der Waals surface area (Å²) in [6, 6.07) is 14.6. The second-order valence-corrected chi connectivity index (χ2v) is 10.6. The highest BCUT2D eigenvalue weighted by Gasteiger charge is 2.28. The molecule has 2 heterocycles. The number of benzene rings is 2. The van der Waals surface area contributed by atoms with E-state index in [1.807, 2.05) is 58.0 Å². The minimum Gasteiger partial charge on any atom is -0.354 e. The van der Waals surface area contributed by atoms with Crippen LogP contribution >= 0.6 is 0 Å². The number of sulfonamides is 1. The van der Waals surface area contributed by atoms with E-state index in [1.54, 1.807) is 16.4 Å². The first-order valence-electron chi connectivity index (χ1n) is 11.2. The van der Waals surface area contributed by atoms with Crippen molar-refractivity contribution >= 4 is 15.8 Å². The van der Waals surface area contributed by atoms with Gasteiger partial charge in [-0.25, -0.2) is 8.42 Å². The van der Waals surface area contributed by atoms with Gasteiger partial charge < -0.3 is 4.90 Å². The van der Waals surface area contributed by atoms with Gasteiger partial charge in [0.05, 0.1) is 10.6 Å². The molecule has 4 rings (SSSR count). The molecule has 1 saturated heterocycles. The molecule has 0 amide bonds. The van der Waals surface area contributed by atoms with Crippen LogP contribution in [0.5, 0.6) is 0 Å². The number of rotatable bonds is 4. The Kier molecular flexibility index (Phi) is 6.41. The summed E-state index contributed by atoms with van der Waals surface area (Å²) in [5.41, 5.74) is 4.45. The minimum atomic E-state index is -3.58. The quantitative estimate of drug-likeness (QED) is 0.589. The van der Waals surface area contributed by atoms with Crippen LogP contribution in [0.15, 0.2) is 58.2 Å². The first-order valence-corrected chi connectivity index (χ1v) is 12.6. The zero-order chi connectivity index (χ0) is 23.8. The lowest BCUT2D eigenvalue weighted by molar-refractivity contribution is 0.432. The second kappa shape index (κ2) is 9.11. The average molecular weight is 467 g/mol. The van der Waals surface area contributed by atoms with Crippen molar-refractivity contribution < 1.29 is 8.42 Å². The van der Waals surface area contributed by atoms with Crippen molar-refractivity contribution in [3.05, 3.63) is 81.1 Å². The second-order valence-electron chi connectivity index (χ2n) is 8.72. The molecule has 33 heavy (non-hydrogen) atoms. The fourth-order valence-corrected chi connectivity index (χ4v) is 5.88. The van der Waals surface area contributed by atoms with Crippen LogP contribution in [-0.2, 0) is 10.0 Å². The maximum atomic E-state index is 13.3. The Morgan fingerprint density at radius 1 is 0.788 bits per heavy atom. The topological polar surface area (TPSA) is 75.5 Å². The summed E-state index contributed by atoms with van der Waals surface area (Å²) in [4.78, 5) is 14.9. The molecule has 0 N–H and O–H groups in total. The SMILES string of the molecule is Cc1ccc(C)c(S(=O)(=O)N2CCCN(c3ccc(=O)n(-c4ccc(C)c(C)c4)n3)CC2)c1. The predicted octanol–water partition coefficient (Wildman–Crippen LogP) is 3.37. The maximum Gasteiger partial charge on any atom is 0.271 e. The molecule has 1 fully saturated rings. The van der Waals surface area contributed by atoms with E-state index in [1.165, 1.54) is 10.7 Å². The molecule has 7 nitrogen and oxygen atoms in total. The van der Waals surface area contributed by atoms with Crippen molar-refractivity contribution in [1.82, 2.24) is 14.1 Å². The van der Waals surface area contributed by atoms with E-state index in [4.69, 9.17) is 0 Å². The van der Waals surface area contributed by atoms with Gasteiger partial charge in [0, 0.05) is 32.2 Å². The largest absolute Gasteiger partial charge is 0.354 e. The Bertz CT molecular complexity index is 1350. The van der Waals surface area contributed by atoms with E-state index in [0.29, 0.717) is 43.3 Å². The van der Waals surface area contributed by atoms with Crippen molar-refractivity contribution in [1.29, 1.82) is 0 Å². The number of nitrogens with zero attached hydrogens (tertiary/aromatic N) is 4. The number of hydrogen-bond donors (Lipinski definition) is 0. The van der Waals surface area contributed by atoms with Crippen molar-refractivity contribution in [2.75, 3.05) is 31.1 Å². The molecule has 1 aliphatic rings. The third-order valence-electron chi connectivity index (χ3n) is 6.26. The number of hydrogen-bond acceptors (Lipinski definition) is 5. The van der Waals surface area contributed by atoms with Crippen LogP contribution < -0.4 is 10.5 Å². The van der Waals surface area contributed by atoms with Crippen LogP contribution in [0.4, 0.5) is 5.82 Å². The molecular weight excluding hydrogens is 436 g/mol. The fourth-order valence-electron chi connectivity index (χ4n) is 4.10. The number of anilines is 1. The van der Waals surface area contributed by atoms with Gasteiger partial charge in [0.15, 0.2) is 0 Å². The summed E-state index contributed by atoms with van der Waals surface area (Å²) in [5, 5.41) is 4.61. The van der Waals surface area contributed by atoms with Crippen LogP contribution in [0.3, 0.4) is 0 Å². The third-order valence-corrected chi connectivity index (χ3v) is 8.30. The van der Waals surface area contributed by atoms with Crippen LogP contribution in [0.2, 0.25) is 0 Å². The van der Waals surface area contributed by atoms with Crippen molar-refractivity contribution in [3.63, 3.8) is 0 Å². The van der Waals surface area contributed by atoms with Gasteiger partial charge in [0.1, 0.15) is 5.82 Å². The Hall–Kier alpha value is -2.97. The molecule has 0 bridgehead atoms. The summed E-state index contributed by atoms with van der Waals surface area (Å²) in [5.74, 6) is 0.666. The summed E-state index contributed by atoms with van der Waals surface area (Å²) in [6.45, 7) is 9.74. The normalized spacial score (nSPS) is 15.5. The maximum absolute atomic E-state index is 13.3. The molecule has 8 heteroatoms. The average Bonchev–Trinajstić information content (AvgIpc) is 3.05. The first kappa shape index (κ1) is 23.2. The van der Waals surface area contributed by atoms with Crippen molar-refractivity contribution in [2.24, 2.45) is 0 Å². The number of aromatic nitrogens is 2. The van der Waals surface area contributed by atoms with Crippen molar-refractivity contribution in [2.45, 2.75) is 39.0 Å². The van der Waals surface area contributed by atoms with Crippen LogP contribution in [-0.4, -0.2) is 48.7 Å². The predicted molar refractivity (Wildman–Crippen MR) is 131 cm³/mol. The van der Waals surface area contributed by atoms with Gasteiger partial charge in [0.25, 0.3) is 5.56 Å². The Morgan fingerprint density at radius 3 is 2.30 bits per heavy atom. The standard InChI is InChI=1S/C25H30N4O3S/c1-18-6-7-20(3)23(16-18)33(31,32)28-13-5-12-27(14-15-28)24-10-11-25(30)29(26-24)22-9-8-19(2)21(4)17-22/h6-11,16-17H,5,12-15H2,1-4H3. The first-order chi connectivity index (χ1) is 15.7. The Labute approximate surface area is 195 Å². The minimum absolute atomic E-state index is 0.198. The van der Waals surface area contributed by atoms with Crippen LogP contribution in [0.25, 0.3) is 5.69 Å². The Morgan fingerprint density at radius 2 is 1.55 bits per heavy atom. The zero-order valence-electron chi connectivity index (χ0n) is 19.6.